The molecule has 2 heterocycles. The third-order valence-electron chi connectivity index (χ3n) is 4.97. The van der Waals surface area contributed by atoms with E-state index in [-0.39, 0.29) is 17.2 Å². The van der Waals surface area contributed by atoms with Crippen molar-refractivity contribution in [2.75, 3.05) is 31.1 Å². The Labute approximate surface area is 186 Å². The molecule has 0 aliphatic carbocycles. The van der Waals surface area contributed by atoms with Gasteiger partial charge in [-0.15, -0.1) is 0 Å². The van der Waals surface area contributed by atoms with Gasteiger partial charge in [0.25, 0.3) is 5.91 Å². The fourth-order valence-corrected chi connectivity index (χ4v) is 3.45. The van der Waals surface area contributed by atoms with Crippen LogP contribution < -0.4 is 10.6 Å². The van der Waals surface area contributed by atoms with Crippen molar-refractivity contribution in [2.45, 2.75) is 32.8 Å². The predicted molar refractivity (Wildman–Crippen MR) is 118 cm³/mol. The number of nitrogens with two attached hydrogens (primary N) is 1. The number of hydrogen-bond acceptors (Lipinski definition) is 6. The van der Waals surface area contributed by atoms with E-state index in [4.69, 9.17) is 15.7 Å². The Bertz CT molecular complexity index is 1070. The standard InChI is InChI=1S/C23H26FN5O3/c1-23(2,3)32-22(31)29-10-4-9-28(11-12-29)21-17(20(26)30)7-8-19(27-21)15-5-6-16(14-25)18(24)13-15/h5-8,13H,4,9-12H2,1-3H3,(H2,26,30). The zero-order chi connectivity index (χ0) is 23.5. The molecule has 2 N–H and O–H groups in total. The van der Waals surface area contributed by atoms with Crippen LogP contribution in [0.5, 0.6) is 0 Å². The molecular weight excluding hydrogens is 413 g/mol. The normalized spacial score (nSPS) is 14.5. The number of anilines is 1. The Hall–Kier alpha value is -3.67. The van der Waals surface area contributed by atoms with Crippen molar-refractivity contribution in [2.24, 2.45) is 5.73 Å². The van der Waals surface area contributed by atoms with Crippen LogP contribution in [0.4, 0.5) is 15.0 Å². The lowest BCUT2D eigenvalue weighted by atomic mass is 10.1. The molecule has 168 valence electrons. The average molecular weight is 439 g/mol. The Morgan fingerprint density at radius 2 is 1.91 bits per heavy atom. The van der Waals surface area contributed by atoms with E-state index in [1.807, 2.05) is 25.7 Å². The summed E-state index contributed by atoms with van der Waals surface area (Å²) in [5.41, 5.74) is 6.09. The van der Waals surface area contributed by atoms with Gasteiger partial charge >= 0.3 is 6.09 Å². The van der Waals surface area contributed by atoms with Crippen LogP contribution in [0.3, 0.4) is 0 Å². The zero-order valence-corrected chi connectivity index (χ0v) is 18.4. The van der Waals surface area contributed by atoms with Gasteiger partial charge in [-0.1, -0.05) is 6.07 Å². The van der Waals surface area contributed by atoms with Gasteiger partial charge in [-0.05, 0) is 51.5 Å². The number of hydrogen-bond donors (Lipinski definition) is 1. The molecular formula is C23H26FN5O3. The second-order valence-corrected chi connectivity index (χ2v) is 8.55. The average Bonchev–Trinajstić information content (AvgIpc) is 2.98. The van der Waals surface area contributed by atoms with Crippen LogP contribution in [0, 0.1) is 17.1 Å². The number of nitriles is 1. The molecule has 0 atom stereocenters. The third kappa shape index (κ3) is 5.32. The van der Waals surface area contributed by atoms with Crippen molar-refractivity contribution in [3.8, 4) is 17.3 Å². The molecule has 3 rings (SSSR count). The molecule has 2 aromatic rings. The van der Waals surface area contributed by atoms with Gasteiger partial charge in [0, 0.05) is 31.7 Å². The maximum absolute atomic E-state index is 14.1. The molecule has 1 fully saturated rings. The van der Waals surface area contributed by atoms with Crippen LogP contribution in [0.25, 0.3) is 11.3 Å². The Morgan fingerprint density at radius 1 is 1.16 bits per heavy atom. The van der Waals surface area contributed by atoms with Gasteiger partial charge in [-0.3, -0.25) is 4.79 Å². The fourth-order valence-electron chi connectivity index (χ4n) is 3.45. The largest absolute Gasteiger partial charge is 0.444 e. The highest BCUT2D eigenvalue weighted by molar-refractivity contribution is 5.98. The molecule has 9 heteroatoms. The van der Waals surface area contributed by atoms with E-state index in [2.05, 4.69) is 4.98 Å². The number of rotatable bonds is 3. The summed E-state index contributed by atoms with van der Waals surface area (Å²) in [6.07, 6.45) is 0.263. The molecule has 1 aliphatic heterocycles. The maximum Gasteiger partial charge on any atom is 0.410 e. The summed E-state index contributed by atoms with van der Waals surface area (Å²) in [5, 5.41) is 8.94. The first-order valence-corrected chi connectivity index (χ1v) is 10.3. The quantitative estimate of drug-likeness (QED) is 0.785. The third-order valence-corrected chi connectivity index (χ3v) is 4.97. The lowest BCUT2D eigenvalue weighted by Crippen LogP contribution is -2.39. The van der Waals surface area contributed by atoms with E-state index in [0.717, 1.165) is 0 Å². The number of aromatic nitrogens is 1. The van der Waals surface area contributed by atoms with Crippen molar-refractivity contribution in [3.63, 3.8) is 0 Å². The summed E-state index contributed by atoms with van der Waals surface area (Å²) in [4.78, 5) is 32.6. The number of primary amides is 1. The second kappa shape index (κ2) is 9.22. The maximum atomic E-state index is 14.1. The van der Waals surface area contributed by atoms with Gasteiger partial charge in [0.05, 0.1) is 16.8 Å². The van der Waals surface area contributed by atoms with Gasteiger partial charge in [0.15, 0.2) is 0 Å². The number of carbonyl (C=O) groups excluding carboxylic acids is 2. The number of halogens is 1. The molecule has 1 aromatic heterocycles. The monoisotopic (exact) mass is 439 g/mol. The first-order valence-electron chi connectivity index (χ1n) is 10.3. The predicted octanol–water partition coefficient (Wildman–Crippen LogP) is 3.31. The Balaban J connectivity index is 1.88. The van der Waals surface area contributed by atoms with Crippen LogP contribution >= 0.6 is 0 Å². The molecule has 0 bridgehead atoms. The van der Waals surface area contributed by atoms with E-state index in [9.17, 15) is 14.0 Å². The summed E-state index contributed by atoms with van der Waals surface area (Å²) in [7, 11) is 0. The van der Waals surface area contributed by atoms with E-state index >= 15 is 0 Å². The van der Waals surface area contributed by atoms with Crippen molar-refractivity contribution in [1.82, 2.24) is 9.88 Å². The fraction of sp³-hybridized carbons (Fsp3) is 0.391. The van der Waals surface area contributed by atoms with Crippen LogP contribution in [-0.4, -0.2) is 53.7 Å². The van der Waals surface area contributed by atoms with Crippen LogP contribution in [-0.2, 0) is 4.74 Å². The van der Waals surface area contributed by atoms with Crippen LogP contribution in [0.1, 0.15) is 43.1 Å². The van der Waals surface area contributed by atoms with Gasteiger partial charge in [-0.2, -0.15) is 5.26 Å². The lowest BCUT2D eigenvalue weighted by Gasteiger charge is -2.27. The highest BCUT2D eigenvalue weighted by Crippen LogP contribution is 2.27. The Morgan fingerprint density at radius 3 is 2.53 bits per heavy atom. The smallest absolute Gasteiger partial charge is 0.410 e. The number of benzene rings is 1. The number of pyridine rings is 1. The van der Waals surface area contributed by atoms with Crippen LogP contribution in [0.2, 0.25) is 0 Å². The Kier molecular flexibility index (Phi) is 6.63. The minimum absolute atomic E-state index is 0.0579. The summed E-state index contributed by atoms with van der Waals surface area (Å²) in [5.74, 6) is -0.890. The topological polar surface area (TPSA) is 113 Å². The minimum atomic E-state index is -0.643. The molecule has 0 unspecified atom stereocenters. The van der Waals surface area contributed by atoms with E-state index < -0.39 is 17.3 Å². The summed E-state index contributed by atoms with van der Waals surface area (Å²) < 4.78 is 19.6. The molecule has 8 nitrogen and oxygen atoms in total. The van der Waals surface area contributed by atoms with Crippen molar-refractivity contribution in [1.29, 1.82) is 5.26 Å². The number of ether oxygens (including phenoxy) is 1. The van der Waals surface area contributed by atoms with Crippen molar-refractivity contribution >= 4 is 17.8 Å². The zero-order valence-electron chi connectivity index (χ0n) is 18.4. The molecule has 32 heavy (non-hydrogen) atoms. The SMILES string of the molecule is CC(C)(C)OC(=O)N1CCCN(c2nc(-c3ccc(C#N)c(F)c3)ccc2C(N)=O)CC1. The first kappa shape index (κ1) is 23.0. The summed E-state index contributed by atoms with van der Waals surface area (Å²) in [6.45, 7) is 7.33. The number of amides is 2. The van der Waals surface area contributed by atoms with E-state index in [0.29, 0.717) is 49.7 Å². The summed E-state index contributed by atoms with van der Waals surface area (Å²) >= 11 is 0. The van der Waals surface area contributed by atoms with Gasteiger partial charge in [-0.25, -0.2) is 14.2 Å². The highest BCUT2D eigenvalue weighted by atomic mass is 19.1. The van der Waals surface area contributed by atoms with Crippen molar-refractivity contribution in [3.05, 3.63) is 47.3 Å². The van der Waals surface area contributed by atoms with Crippen LogP contribution in [0.15, 0.2) is 30.3 Å². The van der Waals surface area contributed by atoms with Crippen molar-refractivity contribution < 1.29 is 18.7 Å². The summed E-state index contributed by atoms with van der Waals surface area (Å²) in [6, 6.07) is 9.17. The molecule has 0 saturated carbocycles. The second-order valence-electron chi connectivity index (χ2n) is 8.55. The molecule has 2 amide bonds. The molecule has 0 radical (unpaired) electrons. The minimum Gasteiger partial charge on any atom is -0.444 e. The molecule has 1 aromatic carbocycles. The highest BCUT2D eigenvalue weighted by Gasteiger charge is 2.26. The van der Waals surface area contributed by atoms with Gasteiger partial charge in [0.1, 0.15) is 23.3 Å². The first-order chi connectivity index (χ1) is 15.1. The number of nitrogens with zero attached hydrogens (tertiary/aromatic N) is 4. The number of carbonyl (C=O) groups is 2. The lowest BCUT2D eigenvalue weighted by molar-refractivity contribution is 0.0263. The van der Waals surface area contributed by atoms with E-state index in [1.165, 1.54) is 12.1 Å². The van der Waals surface area contributed by atoms with Gasteiger partial charge in [0.2, 0.25) is 0 Å². The molecule has 0 spiro atoms. The molecule has 1 saturated heterocycles. The van der Waals surface area contributed by atoms with E-state index in [1.54, 1.807) is 29.2 Å². The van der Waals surface area contributed by atoms with Gasteiger partial charge < -0.3 is 20.3 Å². The molecule has 1 aliphatic rings.